The number of benzene rings is 3. The zero-order valence-corrected chi connectivity index (χ0v) is 57.8. The fraction of sp³-hybridized carbons (Fsp3) is 0.544. The summed E-state index contributed by atoms with van der Waals surface area (Å²) in [4.78, 5) is 150. The molecular formula is C68H105N17O12S. The molecule has 0 spiro atoms. The van der Waals surface area contributed by atoms with Crippen molar-refractivity contribution in [2.75, 3.05) is 38.2 Å². The lowest BCUT2D eigenvalue weighted by Crippen LogP contribution is -2.62. The van der Waals surface area contributed by atoms with Gasteiger partial charge in [-0.15, -0.1) is 0 Å². The number of thioether (sulfide) groups is 1. The van der Waals surface area contributed by atoms with Gasteiger partial charge in [0.25, 0.3) is 0 Å². The second-order valence-electron chi connectivity index (χ2n) is 25.0. The Bertz CT molecular complexity index is 3220. The molecule has 0 unspecified atom stereocenters. The van der Waals surface area contributed by atoms with E-state index in [1.807, 2.05) is 18.2 Å². The summed E-state index contributed by atoms with van der Waals surface area (Å²) in [6.45, 7) is 7.79. The molecule has 9 amide bonds. The highest BCUT2D eigenvalue weighted by Crippen LogP contribution is 2.21. The third-order valence-corrected chi connectivity index (χ3v) is 17.1. The Morgan fingerprint density at radius 3 is 1.45 bits per heavy atom. The number of phenolic OH excluding ortho intramolecular Hbond substituents is 1. The molecule has 0 aliphatic rings. The number of carbonyl (C=O) groups is 10. The first-order chi connectivity index (χ1) is 46.8. The smallest absolute Gasteiger partial charge is 0.316 e. The summed E-state index contributed by atoms with van der Waals surface area (Å²) in [5.41, 5.74) is 36.9. The lowest BCUT2D eigenvalue weighted by atomic mass is 9.98. The van der Waals surface area contributed by atoms with Crippen LogP contribution in [-0.2, 0) is 67.2 Å². The van der Waals surface area contributed by atoms with Crippen LogP contribution in [0.2, 0.25) is 0 Å². The fourth-order valence-corrected chi connectivity index (χ4v) is 11.3. The minimum absolute atomic E-state index is 0.0229. The summed E-state index contributed by atoms with van der Waals surface area (Å²) in [7, 11) is 0. The van der Waals surface area contributed by atoms with Crippen molar-refractivity contribution in [2.45, 2.75) is 179 Å². The number of phenols is 1. The molecule has 540 valence electrons. The number of carboxylic acid groups (broad SMARTS) is 1. The number of carbonyl (C=O) groups excluding carboxylic acids is 9. The van der Waals surface area contributed by atoms with Crippen molar-refractivity contribution < 1.29 is 58.2 Å². The number of nitrogens with zero attached hydrogens (tertiary/aromatic N) is 1. The van der Waals surface area contributed by atoms with Gasteiger partial charge in [0.05, 0.1) is 6.17 Å². The molecule has 24 N–H and O–H groups in total. The Kier molecular flexibility index (Phi) is 36.2. The van der Waals surface area contributed by atoms with E-state index in [1.54, 1.807) is 88.7 Å². The molecule has 0 radical (unpaired) electrons. The summed E-state index contributed by atoms with van der Waals surface area (Å²) < 4.78 is 0. The number of aliphatic carboxylic acids is 1. The van der Waals surface area contributed by atoms with Gasteiger partial charge in [-0.05, 0) is 149 Å². The summed E-state index contributed by atoms with van der Waals surface area (Å²) in [6.07, 6.45) is 6.19. The van der Waals surface area contributed by atoms with Gasteiger partial charge in [0.1, 0.15) is 60.0 Å². The highest BCUT2D eigenvalue weighted by molar-refractivity contribution is 7.98. The second-order valence-corrected chi connectivity index (χ2v) is 26.0. The van der Waals surface area contributed by atoms with Crippen LogP contribution in [0.1, 0.15) is 121 Å². The van der Waals surface area contributed by atoms with Crippen LogP contribution in [0.4, 0.5) is 0 Å². The van der Waals surface area contributed by atoms with Gasteiger partial charge in [-0.25, -0.2) is 0 Å². The van der Waals surface area contributed by atoms with Crippen LogP contribution in [-0.4, -0.2) is 173 Å². The number of aromatic hydroxyl groups is 1. The molecule has 0 aliphatic heterocycles. The van der Waals surface area contributed by atoms with E-state index in [0.717, 1.165) is 10.9 Å². The van der Waals surface area contributed by atoms with Crippen LogP contribution >= 0.6 is 11.8 Å². The van der Waals surface area contributed by atoms with Gasteiger partial charge in [0.2, 0.25) is 53.2 Å². The minimum atomic E-state index is -1.48. The second kappa shape index (κ2) is 43.4. The standard InChI is InChI=1S/C68H105N17O12S/c1-40(2)56(65(94)82-53(37-43-26-28-45(86)29-27-43)63(92)80-52(36-42-18-7-6-8-19-42)62(91)78-50(24-17-34-75-68(73)74)60(89)83-55(72)25-13-16-33-71)85-66(95)57(41(3)4)84-61(90)51(30-35-98-5)79-64(93)54(38-44-39-76-48-22-10-9-20-46(44)48)81-59(88)49(23-12-15-32-70)77-58(87)47(67(96)97)21-11-14-31-69/h6-10,18-20,22,26-29,39-41,47,49-57,76,86H,11-17,21,23-25,30-38,69-72H2,1-5H3,(H,77,87)(H,78,91)(H,79,93)(H,80,92)(H,81,88)(H,82,94)(H,83,89)(H,84,90)(H,85,95)(H,96,97)(H4,73,74,75)/t47-,49-,50-,51-,52-,53-,54-,55-,56-,57-/m1/s1. The molecule has 0 bridgehead atoms. The Hall–Kier alpha value is -8.84. The van der Waals surface area contributed by atoms with Crippen molar-refractivity contribution >= 4 is 87.8 Å². The van der Waals surface area contributed by atoms with Gasteiger partial charge in [-0.3, -0.25) is 52.9 Å². The quantitative estimate of drug-likeness (QED) is 0.00935. The maximum Gasteiger partial charge on any atom is 0.316 e. The van der Waals surface area contributed by atoms with Crippen molar-refractivity contribution in [3.05, 3.63) is 102 Å². The Labute approximate surface area is 577 Å². The van der Waals surface area contributed by atoms with Crippen LogP contribution in [0.25, 0.3) is 10.9 Å². The van der Waals surface area contributed by atoms with Crippen LogP contribution < -0.4 is 82.3 Å². The Morgan fingerprint density at radius 1 is 0.480 bits per heavy atom. The normalized spacial score (nSPS) is 14.4. The zero-order chi connectivity index (χ0) is 72.3. The predicted octanol–water partition coefficient (Wildman–Crippen LogP) is 0.387. The number of aliphatic imine (C=N–C) groups is 1. The average molecular weight is 1380 g/mol. The predicted molar refractivity (Wildman–Crippen MR) is 378 cm³/mol. The van der Waals surface area contributed by atoms with Gasteiger partial charge in [-0.1, -0.05) is 94.8 Å². The number of carboxylic acids is 1. The number of H-pyrrole nitrogens is 1. The molecule has 10 atom stereocenters. The number of hydrogen-bond donors (Lipinski definition) is 18. The summed E-state index contributed by atoms with van der Waals surface area (Å²) in [5.74, 6) is -11.0. The molecule has 0 saturated heterocycles. The fourth-order valence-electron chi connectivity index (χ4n) is 10.8. The third kappa shape index (κ3) is 28.3. The molecular weight excluding hydrogens is 1280 g/mol. The monoisotopic (exact) mass is 1380 g/mol. The largest absolute Gasteiger partial charge is 0.508 e. The number of fused-ring (bicyclic) bond motifs is 1. The highest BCUT2D eigenvalue weighted by Gasteiger charge is 2.38. The van der Waals surface area contributed by atoms with Crippen molar-refractivity contribution in [2.24, 2.45) is 57.1 Å². The maximum absolute atomic E-state index is 14.9. The molecule has 1 heterocycles. The average Bonchev–Trinajstić information content (AvgIpc) is 1.60. The van der Waals surface area contributed by atoms with E-state index in [-0.39, 0.29) is 76.2 Å². The van der Waals surface area contributed by atoms with E-state index in [9.17, 15) is 58.2 Å². The Morgan fingerprint density at radius 2 is 0.908 bits per heavy atom. The molecule has 0 saturated carbocycles. The van der Waals surface area contributed by atoms with E-state index in [4.69, 9.17) is 34.4 Å². The minimum Gasteiger partial charge on any atom is -0.508 e. The number of nitrogens with one attached hydrogen (secondary N) is 10. The summed E-state index contributed by atoms with van der Waals surface area (Å²) >= 11 is 1.38. The molecule has 98 heavy (non-hydrogen) atoms. The van der Waals surface area contributed by atoms with Crippen molar-refractivity contribution in [1.29, 1.82) is 0 Å². The molecule has 4 aromatic rings. The highest BCUT2D eigenvalue weighted by atomic mass is 32.2. The molecule has 0 aliphatic carbocycles. The molecule has 3 aromatic carbocycles. The first-order valence-corrected chi connectivity index (χ1v) is 34.9. The summed E-state index contributed by atoms with van der Waals surface area (Å²) in [6, 6.07) is 11.4. The van der Waals surface area contributed by atoms with E-state index < -0.39 is 131 Å². The molecule has 0 fully saturated rings. The van der Waals surface area contributed by atoms with Gasteiger partial charge < -0.3 is 97.5 Å². The molecule has 1 aromatic heterocycles. The number of para-hydroxylation sites is 1. The number of amides is 9. The van der Waals surface area contributed by atoms with E-state index in [2.05, 4.69) is 57.8 Å². The van der Waals surface area contributed by atoms with Crippen LogP contribution in [0.5, 0.6) is 5.75 Å². The topological polar surface area (TPSA) is 504 Å². The van der Waals surface area contributed by atoms with Crippen LogP contribution in [0.15, 0.2) is 90.1 Å². The number of rotatable bonds is 46. The third-order valence-electron chi connectivity index (χ3n) is 16.4. The van der Waals surface area contributed by atoms with Crippen LogP contribution in [0, 0.1) is 17.8 Å². The zero-order valence-electron chi connectivity index (χ0n) is 56.9. The first-order valence-electron chi connectivity index (χ1n) is 33.5. The number of aromatic amines is 1. The van der Waals surface area contributed by atoms with E-state index >= 15 is 0 Å². The van der Waals surface area contributed by atoms with E-state index in [0.29, 0.717) is 80.5 Å². The van der Waals surface area contributed by atoms with Gasteiger partial charge >= 0.3 is 5.97 Å². The number of nitrogens with two attached hydrogens (primary N) is 6. The van der Waals surface area contributed by atoms with Gasteiger partial charge in [0.15, 0.2) is 5.96 Å². The van der Waals surface area contributed by atoms with Gasteiger partial charge in [-0.2, -0.15) is 11.8 Å². The number of unbranched alkanes of at least 4 members (excludes halogenated alkanes) is 3. The summed E-state index contributed by atoms with van der Waals surface area (Å²) in [5, 5.41) is 45.9. The molecule has 4 rings (SSSR count). The maximum atomic E-state index is 14.9. The van der Waals surface area contributed by atoms with Crippen LogP contribution in [0.3, 0.4) is 0 Å². The Balaban J connectivity index is 1.64. The molecule has 30 heteroatoms. The molecule has 29 nitrogen and oxygen atoms in total. The van der Waals surface area contributed by atoms with Crippen molar-refractivity contribution in [3.63, 3.8) is 0 Å². The van der Waals surface area contributed by atoms with Gasteiger partial charge in [0, 0.05) is 42.9 Å². The van der Waals surface area contributed by atoms with Crippen molar-refractivity contribution in [3.8, 4) is 5.75 Å². The first kappa shape index (κ1) is 81.6. The number of aromatic nitrogens is 1. The lowest BCUT2D eigenvalue weighted by molar-refractivity contribution is -0.148. The van der Waals surface area contributed by atoms with E-state index in [1.165, 1.54) is 23.9 Å². The van der Waals surface area contributed by atoms with Crippen molar-refractivity contribution in [1.82, 2.24) is 52.8 Å². The SMILES string of the molecule is CSCC[C@@H](NC(=O)[C@@H](Cc1c[nH]c2ccccc12)NC(=O)[C@@H](CCCCN)NC(=O)[C@@H](CCCCN)C(=O)O)C(=O)N[C@@H](C(=O)N[C@@H](C(=O)N[C@H](Cc1ccc(O)cc1)C(=O)N[C@H](Cc1ccccc1)C(=O)N[C@H](CCCN=C(N)N)C(=O)N[C@@H](N)CCCCN)C(C)C)C(C)C. The number of hydrogen-bond acceptors (Lipinski definition) is 17. The lowest BCUT2D eigenvalue weighted by Gasteiger charge is -2.30. The number of guanidine groups is 1.